The van der Waals surface area contributed by atoms with Crippen molar-refractivity contribution >= 4 is 11.6 Å². The molecule has 0 bridgehead atoms. The predicted molar refractivity (Wildman–Crippen MR) is 65.1 cm³/mol. The number of rotatable bonds is 1. The van der Waals surface area contributed by atoms with E-state index < -0.39 is 0 Å². The highest BCUT2D eigenvalue weighted by Gasteiger charge is 2.25. The number of amides is 1. The number of carbonyl (C=O) groups is 1. The molecule has 1 atom stereocenters. The van der Waals surface area contributed by atoms with Gasteiger partial charge in [0.25, 0.3) is 0 Å². The van der Waals surface area contributed by atoms with Gasteiger partial charge in [0.1, 0.15) is 0 Å². The fourth-order valence-electron chi connectivity index (χ4n) is 2.49. The lowest BCUT2D eigenvalue weighted by Gasteiger charge is -2.24. The summed E-state index contributed by atoms with van der Waals surface area (Å²) in [6.07, 6.45) is 0.521. The van der Waals surface area contributed by atoms with Crippen molar-refractivity contribution in [3.05, 3.63) is 29.3 Å². The molecule has 1 fully saturated rings. The van der Waals surface area contributed by atoms with Crippen molar-refractivity contribution in [2.24, 2.45) is 0 Å². The highest BCUT2D eigenvalue weighted by molar-refractivity contribution is 6.00. The van der Waals surface area contributed by atoms with E-state index in [1.807, 2.05) is 13.1 Å². The Morgan fingerprint density at radius 3 is 3.12 bits per heavy atom. The van der Waals surface area contributed by atoms with Crippen molar-refractivity contribution in [2.45, 2.75) is 12.5 Å². The second-order valence-corrected chi connectivity index (χ2v) is 4.60. The van der Waals surface area contributed by atoms with Gasteiger partial charge in [-0.1, -0.05) is 12.1 Å². The van der Waals surface area contributed by atoms with Crippen molar-refractivity contribution < 1.29 is 9.53 Å². The number of morpholine rings is 1. The number of hydrogen-bond donors (Lipinski definition) is 1. The SMILES string of the molecule is CN1C(=O)Cc2cc(C3COCCN3)ccc21. The molecule has 1 N–H and O–H groups in total. The zero-order valence-corrected chi connectivity index (χ0v) is 9.90. The molecule has 0 aromatic heterocycles. The third kappa shape index (κ3) is 1.83. The molecule has 0 spiro atoms. The Labute approximate surface area is 101 Å². The van der Waals surface area contributed by atoms with E-state index in [1.165, 1.54) is 5.56 Å². The second-order valence-electron chi connectivity index (χ2n) is 4.60. The maximum absolute atomic E-state index is 11.6. The molecule has 2 aliphatic heterocycles. The molecule has 2 aliphatic rings. The number of fused-ring (bicyclic) bond motifs is 1. The molecular formula is C13H16N2O2. The molecule has 0 saturated carbocycles. The van der Waals surface area contributed by atoms with Crippen LogP contribution in [-0.4, -0.2) is 32.7 Å². The van der Waals surface area contributed by atoms with Crippen LogP contribution in [0.1, 0.15) is 17.2 Å². The number of anilines is 1. The fraction of sp³-hybridized carbons (Fsp3) is 0.462. The van der Waals surface area contributed by atoms with E-state index in [-0.39, 0.29) is 11.9 Å². The van der Waals surface area contributed by atoms with Crippen LogP contribution in [0.25, 0.3) is 0 Å². The van der Waals surface area contributed by atoms with Gasteiger partial charge in [0.05, 0.1) is 25.7 Å². The summed E-state index contributed by atoms with van der Waals surface area (Å²) >= 11 is 0. The van der Waals surface area contributed by atoms with Crippen LogP contribution in [0.4, 0.5) is 5.69 Å². The standard InChI is InChI=1S/C13H16N2O2/c1-15-12-3-2-9(6-10(12)7-13(15)16)11-8-17-5-4-14-11/h2-3,6,11,14H,4-5,7-8H2,1H3. The molecule has 1 aromatic carbocycles. The quantitative estimate of drug-likeness (QED) is 0.781. The summed E-state index contributed by atoms with van der Waals surface area (Å²) in [5, 5.41) is 3.43. The summed E-state index contributed by atoms with van der Waals surface area (Å²) in [6, 6.07) is 6.50. The Balaban J connectivity index is 1.89. The topological polar surface area (TPSA) is 41.6 Å². The zero-order chi connectivity index (χ0) is 11.8. The first-order chi connectivity index (χ1) is 8.25. The Bertz CT molecular complexity index is 453. The summed E-state index contributed by atoms with van der Waals surface area (Å²) in [5.74, 6) is 0.171. The summed E-state index contributed by atoms with van der Waals surface area (Å²) in [6.45, 7) is 2.38. The van der Waals surface area contributed by atoms with Gasteiger partial charge in [-0.15, -0.1) is 0 Å². The number of nitrogens with one attached hydrogen (secondary N) is 1. The zero-order valence-electron chi connectivity index (χ0n) is 9.90. The molecular weight excluding hydrogens is 216 g/mol. The Morgan fingerprint density at radius 2 is 2.35 bits per heavy atom. The summed E-state index contributed by atoms with van der Waals surface area (Å²) in [7, 11) is 1.83. The van der Waals surface area contributed by atoms with Gasteiger partial charge >= 0.3 is 0 Å². The van der Waals surface area contributed by atoms with E-state index in [2.05, 4.69) is 17.4 Å². The minimum absolute atomic E-state index is 0.171. The van der Waals surface area contributed by atoms with Gasteiger partial charge in [-0.2, -0.15) is 0 Å². The Hall–Kier alpha value is -1.39. The molecule has 4 nitrogen and oxygen atoms in total. The van der Waals surface area contributed by atoms with Gasteiger partial charge < -0.3 is 15.0 Å². The van der Waals surface area contributed by atoms with Crippen LogP contribution in [0.2, 0.25) is 0 Å². The van der Waals surface area contributed by atoms with Crippen LogP contribution in [0.5, 0.6) is 0 Å². The smallest absolute Gasteiger partial charge is 0.231 e. The van der Waals surface area contributed by atoms with E-state index in [1.54, 1.807) is 4.90 Å². The molecule has 0 aliphatic carbocycles. The Kier molecular flexibility index (Phi) is 2.61. The number of carbonyl (C=O) groups excluding carboxylic acids is 1. The lowest BCUT2D eigenvalue weighted by Crippen LogP contribution is -2.34. The predicted octanol–water partition coefficient (Wildman–Crippen LogP) is 0.866. The van der Waals surface area contributed by atoms with Crippen molar-refractivity contribution in [3.8, 4) is 0 Å². The summed E-state index contributed by atoms with van der Waals surface area (Å²) in [4.78, 5) is 13.3. The molecule has 4 heteroatoms. The van der Waals surface area contributed by atoms with Crippen molar-refractivity contribution in [3.63, 3.8) is 0 Å². The average Bonchev–Trinajstić information content (AvgIpc) is 2.66. The minimum Gasteiger partial charge on any atom is -0.378 e. The Morgan fingerprint density at radius 1 is 1.47 bits per heavy atom. The highest BCUT2D eigenvalue weighted by Crippen LogP contribution is 2.30. The van der Waals surface area contributed by atoms with Crippen LogP contribution in [-0.2, 0) is 16.0 Å². The molecule has 3 rings (SSSR count). The minimum atomic E-state index is 0.171. The molecule has 1 amide bonds. The van der Waals surface area contributed by atoms with Gasteiger partial charge in [-0.3, -0.25) is 4.79 Å². The molecule has 2 heterocycles. The van der Waals surface area contributed by atoms with Gasteiger partial charge in [0, 0.05) is 19.3 Å². The first kappa shape index (κ1) is 10.7. The van der Waals surface area contributed by atoms with Crippen LogP contribution >= 0.6 is 0 Å². The summed E-state index contributed by atoms with van der Waals surface area (Å²) in [5.41, 5.74) is 3.38. The largest absolute Gasteiger partial charge is 0.378 e. The van der Waals surface area contributed by atoms with Gasteiger partial charge in [-0.25, -0.2) is 0 Å². The fourth-order valence-corrected chi connectivity index (χ4v) is 2.49. The van der Waals surface area contributed by atoms with Crippen LogP contribution in [0.3, 0.4) is 0 Å². The molecule has 0 radical (unpaired) electrons. The average molecular weight is 232 g/mol. The molecule has 90 valence electrons. The van der Waals surface area contributed by atoms with Gasteiger partial charge in [-0.05, 0) is 17.2 Å². The second kappa shape index (κ2) is 4.13. The third-order valence-corrected chi connectivity index (χ3v) is 3.50. The molecule has 17 heavy (non-hydrogen) atoms. The monoisotopic (exact) mass is 232 g/mol. The maximum atomic E-state index is 11.6. The number of benzene rings is 1. The van der Waals surface area contributed by atoms with E-state index in [4.69, 9.17) is 4.74 Å². The van der Waals surface area contributed by atoms with E-state index in [0.717, 1.165) is 24.4 Å². The first-order valence-electron chi connectivity index (χ1n) is 5.96. The first-order valence-corrected chi connectivity index (χ1v) is 5.96. The highest BCUT2D eigenvalue weighted by atomic mass is 16.5. The summed E-state index contributed by atoms with van der Waals surface area (Å²) < 4.78 is 5.46. The van der Waals surface area contributed by atoms with Crippen LogP contribution < -0.4 is 10.2 Å². The molecule has 1 unspecified atom stereocenters. The molecule has 1 aromatic rings. The third-order valence-electron chi connectivity index (χ3n) is 3.50. The van der Waals surface area contributed by atoms with Crippen molar-refractivity contribution in [2.75, 3.05) is 31.7 Å². The lowest BCUT2D eigenvalue weighted by molar-refractivity contribution is -0.117. The maximum Gasteiger partial charge on any atom is 0.231 e. The number of ether oxygens (including phenoxy) is 1. The van der Waals surface area contributed by atoms with E-state index >= 15 is 0 Å². The van der Waals surface area contributed by atoms with Gasteiger partial charge in [0.15, 0.2) is 0 Å². The molecule has 1 saturated heterocycles. The van der Waals surface area contributed by atoms with Crippen LogP contribution in [0.15, 0.2) is 18.2 Å². The van der Waals surface area contributed by atoms with Crippen molar-refractivity contribution in [1.82, 2.24) is 5.32 Å². The normalized spacial score (nSPS) is 23.9. The van der Waals surface area contributed by atoms with E-state index in [9.17, 15) is 4.79 Å². The lowest BCUT2D eigenvalue weighted by atomic mass is 10.0. The number of likely N-dealkylation sites (N-methyl/N-ethyl adjacent to an activating group) is 1. The number of hydrogen-bond acceptors (Lipinski definition) is 3. The van der Waals surface area contributed by atoms with Gasteiger partial charge in [0.2, 0.25) is 5.91 Å². The van der Waals surface area contributed by atoms with E-state index in [0.29, 0.717) is 13.0 Å². The van der Waals surface area contributed by atoms with Crippen molar-refractivity contribution in [1.29, 1.82) is 0 Å². The van der Waals surface area contributed by atoms with Crippen LogP contribution in [0, 0.1) is 0 Å². The number of nitrogens with zero attached hydrogens (tertiary/aromatic N) is 1.